The Hall–Kier alpha value is -0.770. The Morgan fingerprint density at radius 2 is 1.58 bits per heavy atom. The summed E-state index contributed by atoms with van der Waals surface area (Å²) in [6.07, 6.45) is 12.0. The zero-order chi connectivity index (χ0) is 18.2. The van der Waals surface area contributed by atoms with E-state index in [2.05, 4.69) is 31.0 Å². The fourth-order valence-electron chi connectivity index (χ4n) is 3.07. The van der Waals surface area contributed by atoms with Crippen molar-refractivity contribution in [1.29, 1.82) is 0 Å². The number of carbonyl (C=O) groups is 1. The van der Waals surface area contributed by atoms with E-state index in [4.69, 9.17) is 4.74 Å². The molecule has 0 bridgehead atoms. The monoisotopic (exact) mass is 342 g/mol. The number of rotatable bonds is 15. The minimum atomic E-state index is -0.254. The van der Waals surface area contributed by atoms with Gasteiger partial charge in [0.25, 0.3) is 0 Å². The second kappa shape index (κ2) is 15.7. The zero-order valence-electron chi connectivity index (χ0n) is 16.9. The molecular weight excluding hydrogens is 300 g/mol. The number of unbranched alkanes of at least 4 members (excludes halogenated alkanes) is 5. The van der Waals surface area contributed by atoms with Gasteiger partial charge in [-0.2, -0.15) is 0 Å². The zero-order valence-corrected chi connectivity index (χ0v) is 16.9. The van der Waals surface area contributed by atoms with E-state index in [1.807, 2.05) is 14.1 Å². The van der Waals surface area contributed by atoms with E-state index in [0.29, 0.717) is 12.5 Å². The third-order valence-electron chi connectivity index (χ3n) is 4.62. The van der Waals surface area contributed by atoms with Crippen LogP contribution in [0.5, 0.6) is 0 Å². The van der Waals surface area contributed by atoms with Crippen LogP contribution in [0.2, 0.25) is 0 Å². The average Bonchev–Trinajstić information content (AvgIpc) is 2.55. The summed E-state index contributed by atoms with van der Waals surface area (Å²) in [5, 5.41) is 2.87. The lowest BCUT2D eigenvalue weighted by Crippen LogP contribution is -2.36. The third kappa shape index (κ3) is 12.6. The highest BCUT2D eigenvalue weighted by Gasteiger charge is 2.23. The number of nitrogens with one attached hydrogen (secondary N) is 1. The lowest BCUT2D eigenvalue weighted by atomic mass is 9.89. The normalized spacial score (nSPS) is 13.8. The molecule has 0 saturated heterocycles. The third-order valence-corrected chi connectivity index (χ3v) is 4.62. The molecule has 1 N–H and O–H groups in total. The molecule has 0 aromatic rings. The molecule has 0 spiro atoms. The molecule has 0 aliphatic heterocycles. The maximum Gasteiger partial charge on any atom is 0.407 e. The summed E-state index contributed by atoms with van der Waals surface area (Å²) >= 11 is 0. The lowest BCUT2D eigenvalue weighted by molar-refractivity contribution is 0.0509. The van der Waals surface area contributed by atoms with Crippen molar-refractivity contribution in [2.45, 2.75) is 91.1 Å². The molecule has 0 heterocycles. The standard InChI is InChI=1S/C20H42N2O2/c1-6-9-11-12-13-15-18(14-10-7-2)19(8-3)24-20(23)21-16-17-22(4)5/h18-19H,6-17H2,1-5H3,(H,21,23). The maximum absolute atomic E-state index is 12.0. The molecule has 4 nitrogen and oxygen atoms in total. The molecule has 144 valence electrons. The van der Waals surface area contributed by atoms with Gasteiger partial charge in [-0.05, 0) is 39.3 Å². The summed E-state index contributed by atoms with van der Waals surface area (Å²) < 4.78 is 5.75. The summed E-state index contributed by atoms with van der Waals surface area (Å²) in [5.41, 5.74) is 0. The first-order valence-electron chi connectivity index (χ1n) is 10.1. The molecule has 0 aliphatic carbocycles. The fourth-order valence-corrected chi connectivity index (χ4v) is 3.07. The number of nitrogens with zero attached hydrogens (tertiary/aromatic N) is 1. The van der Waals surface area contributed by atoms with Crippen LogP contribution in [0.1, 0.15) is 85.0 Å². The Bertz CT molecular complexity index is 295. The molecule has 2 atom stereocenters. The second-order valence-corrected chi connectivity index (χ2v) is 7.19. The molecule has 2 unspecified atom stereocenters. The molecule has 0 fully saturated rings. The van der Waals surface area contributed by atoms with E-state index < -0.39 is 0 Å². The van der Waals surface area contributed by atoms with Crippen molar-refractivity contribution >= 4 is 6.09 Å². The van der Waals surface area contributed by atoms with Gasteiger partial charge in [-0.1, -0.05) is 65.7 Å². The average molecular weight is 343 g/mol. The van der Waals surface area contributed by atoms with E-state index in [0.717, 1.165) is 13.0 Å². The highest BCUT2D eigenvalue weighted by atomic mass is 16.6. The smallest absolute Gasteiger partial charge is 0.407 e. The molecule has 24 heavy (non-hydrogen) atoms. The number of alkyl carbamates (subject to hydrolysis) is 1. The second-order valence-electron chi connectivity index (χ2n) is 7.19. The van der Waals surface area contributed by atoms with Gasteiger partial charge in [-0.15, -0.1) is 0 Å². The van der Waals surface area contributed by atoms with Crippen LogP contribution in [0.3, 0.4) is 0 Å². The first-order chi connectivity index (χ1) is 11.5. The number of hydrogen-bond acceptors (Lipinski definition) is 3. The summed E-state index contributed by atoms with van der Waals surface area (Å²) in [4.78, 5) is 14.1. The van der Waals surface area contributed by atoms with E-state index >= 15 is 0 Å². The van der Waals surface area contributed by atoms with Crippen molar-refractivity contribution in [3.8, 4) is 0 Å². The quantitative estimate of drug-likeness (QED) is 0.415. The predicted molar refractivity (Wildman–Crippen MR) is 104 cm³/mol. The predicted octanol–water partition coefficient (Wildman–Crippen LogP) is 5.22. The van der Waals surface area contributed by atoms with Gasteiger partial charge in [0.1, 0.15) is 6.10 Å². The summed E-state index contributed by atoms with van der Waals surface area (Å²) in [6.45, 7) is 8.09. The van der Waals surface area contributed by atoms with Gasteiger partial charge in [0.2, 0.25) is 0 Å². The highest BCUT2D eigenvalue weighted by molar-refractivity contribution is 5.67. The number of hydrogen-bond donors (Lipinski definition) is 1. The van der Waals surface area contributed by atoms with E-state index in [-0.39, 0.29) is 12.2 Å². The molecular formula is C20H42N2O2. The van der Waals surface area contributed by atoms with Crippen molar-refractivity contribution in [2.75, 3.05) is 27.2 Å². The molecule has 4 heteroatoms. The Labute approximate surface area is 150 Å². The first-order valence-corrected chi connectivity index (χ1v) is 10.1. The molecule has 0 saturated carbocycles. The lowest BCUT2D eigenvalue weighted by Gasteiger charge is -2.26. The van der Waals surface area contributed by atoms with Crippen LogP contribution in [0.4, 0.5) is 4.79 Å². The first kappa shape index (κ1) is 23.2. The van der Waals surface area contributed by atoms with E-state index in [1.54, 1.807) is 0 Å². The Balaban J connectivity index is 4.31. The Kier molecular flexibility index (Phi) is 15.2. The summed E-state index contributed by atoms with van der Waals surface area (Å²) in [7, 11) is 4.00. The van der Waals surface area contributed by atoms with Crippen LogP contribution in [0.25, 0.3) is 0 Å². The van der Waals surface area contributed by atoms with Gasteiger partial charge in [0.05, 0.1) is 0 Å². The van der Waals surface area contributed by atoms with Crippen molar-refractivity contribution in [1.82, 2.24) is 10.2 Å². The molecule has 0 radical (unpaired) electrons. The highest BCUT2D eigenvalue weighted by Crippen LogP contribution is 2.25. The van der Waals surface area contributed by atoms with Gasteiger partial charge in [0.15, 0.2) is 0 Å². The number of ether oxygens (including phenoxy) is 1. The number of carbonyl (C=O) groups excluding carboxylic acids is 1. The van der Waals surface area contributed by atoms with Crippen LogP contribution in [0, 0.1) is 5.92 Å². The summed E-state index contributed by atoms with van der Waals surface area (Å²) in [5.74, 6) is 0.510. The van der Waals surface area contributed by atoms with E-state index in [1.165, 1.54) is 57.8 Å². The maximum atomic E-state index is 12.0. The van der Waals surface area contributed by atoms with Crippen LogP contribution in [0.15, 0.2) is 0 Å². The molecule has 1 amide bonds. The minimum absolute atomic E-state index is 0.0575. The Morgan fingerprint density at radius 3 is 2.17 bits per heavy atom. The molecule has 0 rings (SSSR count). The molecule has 0 aromatic carbocycles. The SMILES string of the molecule is CCCCCCCC(CCCC)C(CC)OC(=O)NCCN(C)C. The van der Waals surface area contributed by atoms with Crippen molar-refractivity contribution in [3.05, 3.63) is 0 Å². The van der Waals surface area contributed by atoms with Gasteiger partial charge in [0, 0.05) is 13.1 Å². The van der Waals surface area contributed by atoms with Gasteiger partial charge < -0.3 is 15.0 Å². The van der Waals surface area contributed by atoms with Gasteiger partial charge in [-0.3, -0.25) is 0 Å². The molecule has 0 aromatic heterocycles. The molecule has 0 aliphatic rings. The Morgan fingerprint density at radius 1 is 0.958 bits per heavy atom. The summed E-state index contributed by atoms with van der Waals surface area (Å²) in [6, 6.07) is 0. The van der Waals surface area contributed by atoms with Crippen LogP contribution in [-0.4, -0.2) is 44.3 Å². The minimum Gasteiger partial charge on any atom is -0.446 e. The van der Waals surface area contributed by atoms with Crippen LogP contribution >= 0.6 is 0 Å². The number of amides is 1. The van der Waals surface area contributed by atoms with Crippen molar-refractivity contribution in [2.24, 2.45) is 5.92 Å². The largest absolute Gasteiger partial charge is 0.446 e. The van der Waals surface area contributed by atoms with Gasteiger partial charge in [-0.25, -0.2) is 4.79 Å². The number of likely N-dealkylation sites (N-methyl/N-ethyl adjacent to an activating group) is 1. The van der Waals surface area contributed by atoms with E-state index in [9.17, 15) is 4.79 Å². The van der Waals surface area contributed by atoms with Crippen molar-refractivity contribution in [3.63, 3.8) is 0 Å². The topological polar surface area (TPSA) is 41.6 Å². The van der Waals surface area contributed by atoms with Gasteiger partial charge >= 0.3 is 6.09 Å². The van der Waals surface area contributed by atoms with Crippen LogP contribution < -0.4 is 5.32 Å². The fraction of sp³-hybridized carbons (Fsp3) is 0.950. The van der Waals surface area contributed by atoms with Crippen LogP contribution in [-0.2, 0) is 4.74 Å². The van der Waals surface area contributed by atoms with Crippen molar-refractivity contribution < 1.29 is 9.53 Å².